The van der Waals surface area contributed by atoms with E-state index in [9.17, 15) is 14.4 Å². The van der Waals surface area contributed by atoms with Crippen molar-refractivity contribution in [3.05, 3.63) is 32.1 Å². The zero-order chi connectivity index (χ0) is 11.9. The van der Waals surface area contributed by atoms with Crippen molar-refractivity contribution in [3.63, 3.8) is 0 Å². The minimum Gasteiger partial charge on any atom is -0.330 e. The van der Waals surface area contributed by atoms with E-state index in [-0.39, 0.29) is 24.2 Å². The Balaban J connectivity index is 2.50. The summed E-state index contributed by atoms with van der Waals surface area (Å²) in [6.45, 7) is 4.15. The maximum atomic E-state index is 11.9. The van der Waals surface area contributed by atoms with E-state index in [4.69, 9.17) is 0 Å². The fourth-order valence-electron chi connectivity index (χ4n) is 1.81. The van der Waals surface area contributed by atoms with Gasteiger partial charge in [-0.1, -0.05) is 6.92 Å². The van der Waals surface area contributed by atoms with Crippen molar-refractivity contribution in [1.82, 2.24) is 14.9 Å². The lowest BCUT2D eigenvalue weighted by molar-refractivity contribution is 0.0709. The molecule has 1 aliphatic rings. The minimum atomic E-state index is -0.636. The molecule has 0 fully saturated rings. The third kappa shape index (κ3) is 1.46. The third-order valence-electron chi connectivity index (χ3n) is 2.97. The maximum Gasteiger partial charge on any atom is 0.326 e. The molecule has 0 saturated heterocycles. The Kier molecular flexibility index (Phi) is 2.41. The van der Waals surface area contributed by atoms with E-state index < -0.39 is 11.2 Å². The number of H-pyrrole nitrogens is 2. The Morgan fingerprint density at radius 1 is 1.31 bits per heavy atom. The summed E-state index contributed by atoms with van der Waals surface area (Å²) < 4.78 is 0. The number of carbonyl (C=O) groups excluding carboxylic acids is 1. The van der Waals surface area contributed by atoms with Gasteiger partial charge in [0.15, 0.2) is 0 Å². The van der Waals surface area contributed by atoms with E-state index in [1.807, 2.05) is 13.8 Å². The van der Waals surface area contributed by atoms with Crippen LogP contribution in [0.5, 0.6) is 0 Å². The zero-order valence-electron chi connectivity index (χ0n) is 9.16. The predicted molar refractivity (Wildman–Crippen MR) is 57.3 cm³/mol. The molecule has 86 valence electrons. The summed E-state index contributed by atoms with van der Waals surface area (Å²) in [7, 11) is 0. The van der Waals surface area contributed by atoms with E-state index in [0.29, 0.717) is 5.56 Å². The van der Waals surface area contributed by atoms with Gasteiger partial charge in [0.25, 0.3) is 11.5 Å². The molecule has 2 heterocycles. The summed E-state index contributed by atoms with van der Waals surface area (Å²) in [6.07, 6.45) is 0.807. The third-order valence-corrected chi connectivity index (χ3v) is 2.97. The Labute approximate surface area is 91.3 Å². The molecule has 0 saturated carbocycles. The van der Waals surface area contributed by atoms with Gasteiger partial charge in [-0.15, -0.1) is 0 Å². The number of nitrogens with zero attached hydrogens (tertiary/aromatic N) is 1. The maximum absolute atomic E-state index is 11.9. The Morgan fingerprint density at radius 3 is 2.62 bits per heavy atom. The molecule has 6 heteroatoms. The van der Waals surface area contributed by atoms with Gasteiger partial charge in [0.05, 0.1) is 12.1 Å². The topological polar surface area (TPSA) is 86.0 Å². The Bertz CT molecular complexity index is 543. The van der Waals surface area contributed by atoms with Crippen LogP contribution in [0, 0.1) is 0 Å². The first-order valence-electron chi connectivity index (χ1n) is 5.21. The van der Waals surface area contributed by atoms with Crippen molar-refractivity contribution in [2.24, 2.45) is 0 Å². The molecule has 1 amide bonds. The fourth-order valence-corrected chi connectivity index (χ4v) is 1.81. The summed E-state index contributed by atoms with van der Waals surface area (Å²) in [5.41, 5.74) is -0.625. The average Bonchev–Trinajstić information content (AvgIpc) is 2.56. The van der Waals surface area contributed by atoms with Crippen molar-refractivity contribution < 1.29 is 4.79 Å². The second kappa shape index (κ2) is 3.62. The Hall–Kier alpha value is -1.85. The van der Waals surface area contributed by atoms with Crippen LogP contribution in [-0.4, -0.2) is 26.8 Å². The van der Waals surface area contributed by atoms with Gasteiger partial charge in [0.1, 0.15) is 5.69 Å². The zero-order valence-corrected chi connectivity index (χ0v) is 9.16. The fraction of sp³-hybridized carbons (Fsp3) is 0.500. The number of fused-ring (bicyclic) bond motifs is 1. The smallest absolute Gasteiger partial charge is 0.326 e. The van der Waals surface area contributed by atoms with Gasteiger partial charge in [-0.3, -0.25) is 14.6 Å². The molecule has 1 aliphatic heterocycles. The second-order valence-corrected chi connectivity index (χ2v) is 3.95. The number of amides is 1. The molecule has 1 aromatic rings. The molecule has 0 radical (unpaired) electrons. The van der Waals surface area contributed by atoms with Crippen LogP contribution in [0.15, 0.2) is 9.59 Å². The van der Waals surface area contributed by atoms with Crippen LogP contribution in [0.1, 0.15) is 36.3 Å². The van der Waals surface area contributed by atoms with Crippen LogP contribution in [0.25, 0.3) is 0 Å². The largest absolute Gasteiger partial charge is 0.330 e. The average molecular weight is 223 g/mol. The van der Waals surface area contributed by atoms with Crippen molar-refractivity contribution >= 4 is 5.91 Å². The molecule has 2 N–H and O–H groups in total. The van der Waals surface area contributed by atoms with Gasteiger partial charge >= 0.3 is 5.69 Å². The van der Waals surface area contributed by atoms with Crippen molar-refractivity contribution in [1.29, 1.82) is 0 Å². The van der Waals surface area contributed by atoms with Crippen molar-refractivity contribution in [2.45, 2.75) is 32.9 Å². The van der Waals surface area contributed by atoms with Crippen LogP contribution < -0.4 is 11.2 Å². The molecular weight excluding hydrogens is 210 g/mol. The number of hydrogen-bond acceptors (Lipinski definition) is 3. The molecule has 2 rings (SSSR count). The highest BCUT2D eigenvalue weighted by Gasteiger charge is 2.33. The highest BCUT2D eigenvalue weighted by molar-refractivity contribution is 5.96. The lowest BCUT2D eigenvalue weighted by atomic mass is 10.2. The van der Waals surface area contributed by atoms with Crippen LogP contribution in [-0.2, 0) is 6.54 Å². The van der Waals surface area contributed by atoms with Crippen molar-refractivity contribution in [3.8, 4) is 0 Å². The van der Waals surface area contributed by atoms with Gasteiger partial charge in [-0.2, -0.15) is 0 Å². The molecule has 0 bridgehead atoms. The molecule has 1 atom stereocenters. The quantitative estimate of drug-likeness (QED) is 0.729. The minimum absolute atomic E-state index is 0.0582. The van der Waals surface area contributed by atoms with Crippen LogP contribution in [0.4, 0.5) is 0 Å². The second-order valence-electron chi connectivity index (χ2n) is 3.95. The van der Waals surface area contributed by atoms with E-state index in [0.717, 1.165) is 6.42 Å². The summed E-state index contributed by atoms with van der Waals surface area (Å²) in [4.78, 5) is 40.5. The molecule has 1 aromatic heterocycles. The van der Waals surface area contributed by atoms with E-state index in [1.54, 1.807) is 4.90 Å². The summed E-state index contributed by atoms with van der Waals surface area (Å²) in [6, 6.07) is 0.0582. The van der Waals surface area contributed by atoms with Gasteiger partial charge in [-0.25, -0.2) is 4.79 Å². The number of nitrogens with one attached hydrogen (secondary N) is 2. The summed E-state index contributed by atoms with van der Waals surface area (Å²) in [5.74, 6) is -0.271. The standard InChI is InChI=1S/C10H13N3O3/c1-3-5(2)13-4-6-7(9(13)15)11-10(16)12-8(6)14/h5H,3-4H2,1-2H3,(H2,11,12,14,16)/t5-/m0/s1. The first-order valence-corrected chi connectivity index (χ1v) is 5.21. The molecule has 16 heavy (non-hydrogen) atoms. The van der Waals surface area contributed by atoms with Crippen LogP contribution in [0.2, 0.25) is 0 Å². The molecule has 0 aliphatic carbocycles. The first-order chi connectivity index (χ1) is 7.54. The first kappa shape index (κ1) is 10.7. The number of carbonyl (C=O) groups is 1. The monoisotopic (exact) mass is 223 g/mol. The van der Waals surface area contributed by atoms with E-state index in [2.05, 4.69) is 9.97 Å². The van der Waals surface area contributed by atoms with Gasteiger partial charge in [-0.05, 0) is 13.3 Å². The normalized spacial score (nSPS) is 16.4. The highest BCUT2D eigenvalue weighted by atomic mass is 16.2. The Morgan fingerprint density at radius 2 is 2.00 bits per heavy atom. The molecule has 0 unspecified atom stereocenters. The molecular formula is C10H13N3O3. The molecule has 0 spiro atoms. The number of hydrogen-bond donors (Lipinski definition) is 2. The van der Waals surface area contributed by atoms with Crippen molar-refractivity contribution in [2.75, 3.05) is 0 Å². The SMILES string of the molecule is CC[C@H](C)N1Cc2c([nH]c(=O)[nH]c2=O)C1=O. The van der Waals surface area contributed by atoms with Gasteiger partial charge in [0.2, 0.25) is 0 Å². The van der Waals surface area contributed by atoms with Gasteiger partial charge < -0.3 is 9.88 Å². The van der Waals surface area contributed by atoms with Crippen LogP contribution >= 0.6 is 0 Å². The van der Waals surface area contributed by atoms with Gasteiger partial charge in [0, 0.05) is 6.04 Å². The highest BCUT2D eigenvalue weighted by Crippen LogP contribution is 2.20. The summed E-state index contributed by atoms with van der Waals surface area (Å²) in [5, 5.41) is 0. The number of aromatic amines is 2. The predicted octanol–water partition coefficient (Wildman–Crippen LogP) is -0.182. The van der Waals surface area contributed by atoms with E-state index in [1.165, 1.54) is 0 Å². The molecule has 0 aromatic carbocycles. The lowest BCUT2D eigenvalue weighted by Crippen LogP contribution is -2.33. The lowest BCUT2D eigenvalue weighted by Gasteiger charge is -2.22. The van der Waals surface area contributed by atoms with Crippen LogP contribution in [0.3, 0.4) is 0 Å². The molecule has 6 nitrogen and oxygen atoms in total. The van der Waals surface area contributed by atoms with E-state index >= 15 is 0 Å². The number of aromatic nitrogens is 2. The number of rotatable bonds is 2. The summed E-state index contributed by atoms with van der Waals surface area (Å²) >= 11 is 0.